The Labute approximate surface area is 128 Å². The molecule has 1 heterocycles. The van der Waals surface area contributed by atoms with E-state index in [1.54, 1.807) is 18.2 Å². The van der Waals surface area contributed by atoms with E-state index in [-0.39, 0.29) is 17.3 Å². The lowest BCUT2D eigenvalue weighted by atomic mass is 9.97. The van der Waals surface area contributed by atoms with E-state index in [0.29, 0.717) is 17.9 Å². The van der Waals surface area contributed by atoms with Crippen LogP contribution < -0.4 is 11.1 Å². The fourth-order valence-corrected chi connectivity index (χ4v) is 2.95. The lowest BCUT2D eigenvalue weighted by Crippen LogP contribution is -2.51. The number of hydrogen-bond donors (Lipinski definition) is 3. The van der Waals surface area contributed by atoms with E-state index in [1.165, 1.54) is 12.1 Å². The maximum Gasteiger partial charge on any atom is 0.269 e. The number of benzene rings is 1. The van der Waals surface area contributed by atoms with Crippen LogP contribution in [0.2, 0.25) is 0 Å². The summed E-state index contributed by atoms with van der Waals surface area (Å²) in [5.41, 5.74) is 7.29. The van der Waals surface area contributed by atoms with Crippen molar-refractivity contribution in [2.24, 2.45) is 5.73 Å². The largest absolute Gasteiger partial charge is 0.344 e. The highest BCUT2D eigenvalue weighted by atomic mass is 19.1. The van der Waals surface area contributed by atoms with Gasteiger partial charge in [-0.1, -0.05) is 12.8 Å². The van der Waals surface area contributed by atoms with E-state index in [9.17, 15) is 9.18 Å². The van der Waals surface area contributed by atoms with Crippen molar-refractivity contribution in [2.45, 2.75) is 31.2 Å². The number of rotatable bonds is 4. The van der Waals surface area contributed by atoms with Gasteiger partial charge in [0.2, 0.25) is 0 Å². The van der Waals surface area contributed by atoms with Crippen LogP contribution in [0.5, 0.6) is 0 Å². The maximum atomic E-state index is 12.9. The highest BCUT2D eigenvalue weighted by Crippen LogP contribution is 2.29. The third-order valence-corrected chi connectivity index (χ3v) is 4.29. The van der Waals surface area contributed by atoms with E-state index in [1.807, 2.05) is 0 Å². The third-order valence-electron chi connectivity index (χ3n) is 4.29. The first-order valence-corrected chi connectivity index (χ1v) is 7.46. The minimum absolute atomic E-state index is 0.201. The summed E-state index contributed by atoms with van der Waals surface area (Å²) in [6.45, 7) is 0.442. The Kier molecular flexibility index (Phi) is 3.94. The van der Waals surface area contributed by atoms with Crippen molar-refractivity contribution in [1.29, 1.82) is 0 Å². The van der Waals surface area contributed by atoms with E-state index in [4.69, 9.17) is 5.73 Å². The Morgan fingerprint density at radius 2 is 2.00 bits per heavy atom. The molecule has 1 amide bonds. The summed E-state index contributed by atoms with van der Waals surface area (Å²) in [7, 11) is 0. The molecule has 116 valence electrons. The Bertz CT molecular complexity index is 659. The molecule has 0 radical (unpaired) electrons. The molecule has 3 rings (SSSR count). The van der Waals surface area contributed by atoms with Gasteiger partial charge in [-0.15, -0.1) is 0 Å². The van der Waals surface area contributed by atoms with Gasteiger partial charge in [-0.25, -0.2) is 4.39 Å². The molecule has 0 spiro atoms. The molecule has 4 N–H and O–H groups in total. The van der Waals surface area contributed by atoms with E-state index < -0.39 is 0 Å². The topological polar surface area (TPSA) is 83.8 Å². The summed E-state index contributed by atoms with van der Waals surface area (Å²) < 4.78 is 12.9. The summed E-state index contributed by atoms with van der Waals surface area (Å²) in [4.78, 5) is 12.4. The molecule has 0 unspecified atom stereocenters. The fraction of sp³-hybridized carbons (Fsp3) is 0.375. The summed E-state index contributed by atoms with van der Waals surface area (Å²) in [6.07, 6.45) is 3.99. The number of nitrogens with one attached hydrogen (secondary N) is 2. The number of aromatic amines is 1. The summed E-state index contributed by atoms with van der Waals surface area (Å²) >= 11 is 0. The van der Waals surface area contributed by atoms with Crippen LogP contribution in [-0.4, -0.2) is 28.2 Å². The Hall–Kier alpha value is -2.21. The number of halogens is 1. The molecule has 1 aliphatic rings. The van der Waals surface area contributed by atoms with E-state index >= 15 is 0 Å². The van der Waals surface area contributed by atoms with Gasteiger partial charge in [-0.3, -0.25) is 9.89 Å². The molecule has 22 heavy (non-hydrogen) atoms. The summed E-state index contributed by atoms with van der Waals surface area (Å²) in [5.74, 6) is -0.503. The van der Waals surface area contributed by atoms with E-state index in [2.05, 4.69) is 15.5 Å². The van der Waals surface area contributed by atoms with Crippen molar-refractivity contribution < 1.29 is 9.18 Å². The van der Waals surface area contributed by atoms with Crippen molar-refractivity contribution >= 4 is 5.91 Å². The molecule has 1 fully saturated rings. The van der Waals surface area contributed by atoms with Crippen LogP contribution in [0.15, 0.2) is 30.3 Å². The van der Waals surface area contributed by atoms with Crippen LogP contribution in [0.1, 0.15) is 36.2 Å². The van der Waals surface area contributed by atoms with Gasteiger partial charge in [0.25, 0.3) is 5.91 Å². The van der Waals surface area contributed by atoms with Crippen molar-refractivity contribution in [1.82, 2.24) is 15.5 Å². The van der Waals surface area contributed by atoms with Crippen LogP contribution in [0.25, 0.3) is 11.3 Å². The smallest absolute Gasteiger partial charge is 0.269 e. The molecular weight excluding hydrogens is 283 g/mol. The highest BCUT2D eigenvalue weighted by molar-refractivity contribution is 5.93. The predicted molar refractivity (Wildman–Crippen MR) is 81.7 cm³/mol. The Balaban J connectivity index is 1.75. The van der Waals surface area contributed by atoms with Crippen molar-refractivity contribution in [2.75, 3.05) is 6.54 Å². The second-order valence-corrected chi connectivity index (χ2v) is 5.82. The van der Waals surface area contributed by atoms with Gasteiger partial charge < -0.3 is 11.1 Å². The minimum Gasteiger partial charge on any atom is -0.344 e. The van der Waals surface area contributed by atoms with Gasteiger partial charge >= 0.3 is 0 Å². The standard InChI is InChI=1S/C16H19FN4O/c17-12-5-3-11(4-6-12)13-9-14(21-20-13)15(22)19-16(10-18)7-1-2-8-16/h3-6,9H,1-2,7-8,10,18H2,(H,19,22)(H,20,21). The van der Waals surface area contributed by atoms with Crippen LogP contribution in [0.4, 0.5) is 4.39 Å². The molecule has 0 aliphatic heterocycles. The maximum absolute atomic E-state index is 12.9. The zero-order chi connectivity index (χ0) is 15.6. The monoisotopic (exact) mass is 302 g/mol. The number of nitrogens with two attached hydrogens (primary N) is 1. The number of hydrogen-bond acceptors (Lipinski definition) is 3. The number of carbonyl (C=O) groups is 1. The molecule has 1 aromatic heterocycles. The zero-order valence-corrected chi connectivity index (χ0v) is 12.2. The molecule has 6 heteroatoms. The first-order valence-electron chi connectivity index (χ1n) is 7.46. The summed E-state index contributed by atoms with van der Waals surface area (Å²) in [6, 6.07) is 7.66. The summed E-state index contributed by atoms with van der Waals surface area (Å²) in [5, 5.41) is 9.90. The predicted octanol–water partition coefficient (Wildman–Crippen LogP) is 2.22. The lowest BCUT2D eigenvalue weighted by molar-refractivity contribution is 0.0898. The Morgan fingerprint density at radius 3 is 2.64 bits per heavy atom. The number of aromatic nitrogens is 2. The number of carbonyl (C=O) groups excluding carboxylic acids is 1. The molecule has 0 saturated heterocycles. The van der Waals surface area contributed by atoms with Crippen LogP contribution in [0, 0.1) is 5.82 Å². The second kappa shape index (κ2) is 5.88. The normalized spacial score (nSPS) is 16.6. The first-order chi connectivity index (χ1) is 10.6. The number of nitrogens with zero attached hydrogens (tertiary/aromatic N) is 1. The number of H-pyrrole nitrogens is 1. The lowest BCUT2D eigenvalue weighted by Gasteiger charge is -2.28. The molecular formula is C16H19FN4O. The van der Waals surface area contributed by atoms with Crippen LogP contribution in [-0.2, 0) is 0 Å². The second-order valence-electron chi connectivity index (χ2n) is 5.82. The molecule has 1 aromatic carbocycles. The Morgan fingerprint density at radius 1 is 1.32 bits per heavy atom. The van der Waals surface area contributed by atoms with Gasteiger partial charge in [0, 0.05) is 12.1 Å². The molecule has 1 aliphatic carbocycles. The van der Waals surface area contributed by atoms with Gasteiger partial charge in [0.15, 0.2) is 0 Å². The first kappa shape index (κ1) is 14.7. The van der Waals surface area contributed by atoms with Crippen molar-refractivity contribution in [3.05, 3.63) is 41.8 Å². The van der Waals surface area contributed by atoms with Crippen LogP contribution >= 0.6 is 0 Å². The fourth-order valence-electron chi connectivity index (χ4n) is 2.95. The molecule has 0 atom stereocenters. The van der Waals surface area contributed by atoms with Crippen LogP contribution in [0.3, 0.4) is 0 Å². The van der Waals surface area contributed by atoms with Crippen molar-refractivity contribution in [3.8, 4) is 11.3 Å². The third kappa shape index (κ3) is 2.87. The number of amides is 1. The highest BCUT2D eigenvalue weighted by Gasteiger charge is 2.34. The van der Waals surface area contributed by atoms with Crippen molar-refractivity contribution in [3.63, 3.8) is 0 Å². The molecule has 5 nitrogen and oxygen atoms in total. The van der Waals surface area contributed by atoms with E-state index in [0.717, 1.165) is 31.2 Å². The van der Waals surface area contributed by atoms with Gasteiger partial charge in [0.1, 0.15) is 11.5 Å². The van der Waals surface area contributed by atoms with Gasteiger partial charge in [-0.2, -0.15) is 5.10 Å². The zero-order valence-electron chi connectivity index (χ0n) is 12.2. The van der Waals surface area contributed by atoms with Gasteiger partial charge in [-0.05, 0) is 43.2 Å². The molecule has 1 saturated carbocycles. The van der Waals surface area contributed by atoms with Gasteiger partial charge in [0.05, 0.1) is 11.2 Å². The quantitative estimate of drug-likeness (QED) is 0.809. The SMILES string of the molecule is NCC1(NC(=O)c2cc(-c3ccc(F)cc3)n[nH]2)CCCC1. The average molecular weight is 302 g/mol. The molecule has 2 aromatic rings. The minimum atomic E-state index is -0.302. The average Bonchev–Trinajstić information content (AvgIpc) is 3.18. The molecule has 0 bridgehead atoms.